The summed E-state index contributed by atoms with van der Waals surface area (Å²) in [4.78, 5) is 10.0. The summed E-state index contributed by atoms with van der Waals surface area (Å²) in [5.41, 5.74) is 0.708. The number of sulfone groups is 1. The van der Waals surface area contributed by atoms with Crippen LogP contribution >= 0.6 is 0 Å². The van der Waals surface area contributed by atoms with Crippen LogP contribution in [0.15, 0.2) is 12.5 Å². The number of hydrogen-bond donors (Lipinski definition) is 0. The van der Waals surface area contributed by atoms with Gasteiger partial charge in [0, 0.05) is 13.6 Å². The van der Waals surface area contributed by atoms with Gasteiger partial charge in [-0.25, -0.2) is 18.4 Å². The maximum Gasteiger partial charge on any atom is 0.170 e. The average Bonchev–Trinajstić information content (AvgIpc) is 2.83. The van der Waals surface area contributed by atoms with Gasteiger partial charge in [0.25, 0.3) is 0 Å². The van der Waals surface area contributed by atoms with Crippen molar-refractivity contribution in [3.05, 3.63) is 12.5 Å². The molecule has 17 heavy (non-hydrogen) atoms. The molecular formula is C9H11N5O2S. The maximum atomic E-state index is 11.4. The van der Waals surface area contributed by atoms with Crippen LogP contribution in [0.4, 0.5) is 5.82 Å². The zero-order valence-corrected chi connectivity index (χ0v) is 10.1. The minimum atomic E-state index is -2.97. The van der Waals surface area contributed by atoms with Crippen molar-refractivity contribution in [1.82, 2.24) is 19.7 Å². The second kappa shape index (κ2) is 3.39. The zero-order valence-electron chi connectivity index (χ0n) is 9.24. The fourth-order valence-corrected chi connectivity index (χ4v) is 3.34. The van der Waals surface area contributed by atoms with Crippen LogP contribution < -0.4 is 4.90 Å². The van der Waals surface area contributed by atoms with E-state index >= 15 is 0 Å². The Balaban J connectivity index is 2.12. The Morgan fingerprint density at radius 3 is 2.88 bits per heavy atom. The first-order valence-electron chi connectivity index (χ1n) is 5.15. The van der Waals surface area contributed by atoms with Gasteiger partial charge in [0.05, 0.1) is 17.3 Å². The first-order chi connectivity index (χ1) is 8.07. The normalized spacial score (nSPS) is 19.0. The van der Waals surface area contributed by atoms with E-state index in [1.807, 2.05) is 0 Å². The van der Waals surface area contributed by atoms with Gasteiger partial charge in [-0.3, -0.25) is 4.68 Å². The van der Waals surface area contributed by atoms with Crippen molar-refractivity contribution < 1.29 is 8.42 Å². The Labute approximate surface area is 98.0 Å². The van der Waals surface area contributed by atoms with Crippen molar-refractivity contribution in [1.29, 1.82) is 0 Å². The molecule has 90 valence electrons. The van der Waals surface area contributed by atoms with Crippen molar-refractivity contribution >= 4 is 26.7 Å². The molecule has 0 unspecified atom stereocenters. The Kier molecular flexibility index (Phi) is 2.09. The molecule has 2 aromatic heterocycles. The lowest BCUT2D eigenvalue weighted by atomic mass is 10.3. The molecule has 0 aliphatic carbocycles. The standard InChI is InChI=1S/C9H11N5O2S/c1-13-8-7(4-12-13)9(11-5-10-8)14-2-3-17(15,16)6-14/h4-5H,2-3,6H2,1H3. The number of anilines is 1. The molecule has 1 aliphatic heterocycles. The summed E-state index contributed by atoms with van der Waals surface area (Å²) in [6.07, 6.45) is 3.10. The Morgan fingerprint density at radius 1 is 1.35 bits per heavy atom. The monoisotopic (exact) mass is 253 g/mol. The van der Waals surface area contributed by atoms with Crippen LogP contribution in [-0.4, -0.2) is 46.3 Å². The lowest BCUT2D eigenvalue weighted by Crippen LogP contribution is -2.21. The number of aromatic nitrogens is 4. The Hall–Kier alpha value is -1.70. The lowest BCUT2D eigenvalue weighted by Gasteiger charge is -2.14. The summed E-state index contributed by atoms with van der Waals surface area (Å²) < 4.78 is 24.5. The van der Waals surface area contributed by atoms with E-state index in [1.165, 1.54) is 6.33 Å². The third-order valence-electron chi connectivity index (χ3n) is 2.83. The summed E-state index contributed by atoms with van der Waals surface area (Å²) in [6, 6.07) is 0. The minimum absolute atomic E-state index is 0.0218. The second-order valence-electron chi connectivity index (χ2n) is 4.04. The second-order valence-corrected chi connectivity index (χ2v) is 6.20. The molecular weight excluding hydrogens is 242 g/mol. The predicted octanol–water partition coefficient (Wildman–Crippen LogP) is -0.444. The van der Waals surface area contributed by atoms with Gasteiger partial charge in [0.2, 0.25) is 0 Å². The molecule has 0 saturated carbocycles. The largest absolute Gasteiger partial charge is 0.340 e. The molecule has 0 atom stereocenters. The molecule has 0 spiro atoms. The van der Waals surface area contributed by atoms with Gasteiger partial charge in [-0.15, -0.1) is 0 Å². The Bertz CT molecular complexity index is 678. The van der Waals surface area contributed by atoms with Crippen LogP contribution in [-0.2, 0) is 16.9 Å². The van der Waals surface area contributed by atoms with Crippen molar-refractivity contribution in [3.8, 4) is 0 Å². The molecule has 3 heterocycles. The summed E-state index contributed by atoms with van der Waals surface area (Å²) in [5.74, 6) is 0.844. The summed E-state index contributed by atoms with van der Waals surface area (Å²) in [6.45, 7) is 0.476. The number of rotatable bonds is 1. The summed E-state index contributed by atoms with van der Waals surface area (Å²) in [5, 5.41) is 4.89. The lowest BCUT2D eigenvalue weighted by molar-refractivity contribution is 0.602. The first-order valence-corrected chi connectivity index (χ1v) is 6.97. The average molecular weight is 253 g/mol. The van der Waals surface area contributed by atoms with E-state index in [9.17, 15) is 8.42 Å². The van der Waals surface area contributed by atoms with Gasteiger partial charge >= 0.3 is 0 Å². The van der Waals surface area contributed by atoms with Crippen LogP contribution in [0.25, 0.3) is 11.0 Å². The first kappa shape index (κ1) is 10.5. The van der Waals surface area contributed by atoms with E-state index in [2.05, 4.69) is 15.1 Å². The van der Waals surface area contributed by atoms with Gasteiger partial charge in [0.1, 0.15) is 18.0 Å². The van der Waals surface area contributed by atoms with Crippen molar-refractivity contribution in [2.45, 2.75) is 0 Å². The molecule has 2 aromatic rings. The van der Waals surface area contributed by atoms with Crippen LogP contribution in [0.2, 0.25) is 0 Å². The molecule has 1 saturated heterocycles. The number of fused-ring (bicyclic) bond motifs is 1. The van der Waals surface area contributed by atoms with E-state index in [0.717, 1.165) is 5.39 Å². The highest BCUT2D eigenvalue weighted by molar-refractivity contribution is 7.91. The molecule has 0 bridgehead atoms. The highest BCUT2D eigenvalue weighted by atomic mass is 32.2. The molecule has 1 fully saturated rings. The van der Waals surface area contributed by atoms with Gasteiger partial charge in [-0.1, -0.05) is 0 Å². The molecule has 0 amide bonds. The molecule has 3 rings (SSSR count). The zero-order chi connectivity index (χ0) is 12.0. The van der Waals surface area contributed by atoms with Crippen molar-refractivity contribution in [2.75, 3.05) is 23.1 Å². The molecule has 0 N–H and O–H groups in total. The van der Waals surface area contributed by atoms with E-state index in [1.54, 1.807) is 22.8 Å². The fourth-order valence-electron chi connectivity index (χ4n) is 1.98. The quantitative estimate of drug-likeness (QED) is 0.685. The smallest absolute Gasteiger partial charge is 0.170 e. The van der Waals surface area contributed by atoms with Crippen molar-refractivity contribution in [2.24, 2.45) is 7.05 Å². The highest BCUT2D eigenvalue weighted by Crippen LogP contribution is 2.24. The van der Waals surface area contributed by atoms with E-state index < -0.39 is 9.84 Å². The number of aryl methyl sites for hydroxylation is 1. The molecule has 7 nitrogen and oxygen atoms in total. The Morgan fingerprint density at radius 2 is 2.18 bits per heavy atom. The third-order valence-corrected chi connectivity index (χ3v) is 4.34. The summed E-state index contributed by atoms with van der Waals surface area (Å²) >= 11 is 0. The van der Waals surface area contributed by atoms with E-state index in [-0.39, 0.29) is 11.6 Å². The molecule has 1 aliphatic rings. The fraction of sp³-hybridized carbons (Fsp3) is 0.444. The predicted molar refractivity (Wildman–Crippen MR) is 62.3 cm³/mol. The van der Waals surface area contributed by atoms with E-state index in [4.69, 9.17) is 0 Å². The maximum absolute atomic E-state index is 11.4. The van der Waals surface area contributed by atoms with Gasteiger partial charge in [-0.2, -0.15) is 5.10 Å². The molecule has 0 aromatic carbocycles. The molecule has 0 radical (unpaired) electrons. The van der Waals surface area contributed by atoms with Gasteiger partial charge < -0.3 is 4.90 Å². The minimum Gasteiger partial charge on any atom is -0.340 e. The van der Waals surface area contributed by atoms with Gasteiger partial charge in [-0.05, 0) is 0 Å². The summed E-state index contributed by atoms with van der Waals surface area (Å²) in [7, 11) is -1.18. The van der Waals surface area contributed by atoms with Crippen LogP contribution in [0, 0.1) is 0 Å². The highest BCUT2D eigenvalue weighted by Gasteiger charge is 2.28. The molecule has 8 heteroatoms. The third kappa shape index (κ3) is 1.64. The van der Waals surface area contributed by atoms with Gasteiger partial charge in [0.15, 0.2) is 15.5 Å². The number of hydrogen-bond acceptors (Lipinski definition) is 6. The van der Waals surface area contributed by atoms with E-state index in [0.29, 0.717) is 18.0 Å². The SMILES string of the molecule is Cn1ncc2c(N3CCS(=O)(=O)C3)ncnc21. The van der Waals surface area contributed by atoms with Crippen molar-refractivity contribution in [3.63, 3.8) is 0 Å². The van der Waals surface area contributed by atoms with Crippen LogP contribution in [0.5, 0.6) is 0 Å². The number of nitrogens with zero attached hydrogens (tertiary/aromatic N) is 5. The topological polar surface area (TPSA) is 81.0 Å². The van der Waals surface area contributed by atoms with Crippen LogP contribution in [0.1, 0.15) is 0 Å². The van der Waals surface area contributed by atoms with Crippen LogP contribution in [0.3, 0.4) is 0 Å².